The molecule has 1 N–H and O–H groups in total. The van der Waals surface area contributed by atoms with Crippen molar-refractivity contribution < 1.29 is 17.9 Å². The van der Waals surface area contributed by atoms with Gasteiger partial charge in [-0.15, -0.1) is 0 Å². The lowest BCUT2D eigenvalue weighted by atomic mass is 10.2. The monoisotopic (exact) mass is 238 g/mol. The van der Waals surface area contributed by atoms with E-state index in [1.807, 2.05) is 0 Å². The van der Waals surface area contributed by atoms with E-state index in [2.05, 4.69) is 10.2 Å². The largest absolute Gasteiger partial charge is 0.406 e. The third kappa shape index (κ3) is 2.67. The summed E-state index contributed by atoms with van der Waals surface area (Å²) in [4.78, 5) is 2.13. The zero-order valence-corrected chi connectivity index (χ0v) is 9.15. The van der Waals surface area contributed by atoms with Crippen LogP contribution in [0.15, 0.2) is 0 Å². The molecular formula is C10H17F3N2O. The zero-order chi connectivity index (χ0) is 11.6. The van der Waals surface area contributed by atoms with E-state index >= 15 is 0 Å². The van der Waals surface area contributed by atoms with E-state index in [9.17, 15) is 13.2 Å². The average Bonchev–Trinajstić information content (AvgIpc) is 3.00. The average molecular weight is 238 g/mol. The molecule has 0 aromatic carbocycles. The quantitative estimate of drug-likeness (QED) is 0.791. The van der Waals surface area contributed by atoms with Crippen LogP contribution in [0.2, 0.25) is 0 Å². The summed E-state index contributed by atoms with van der Waals surface area (Å²) < 4.78 is 42.9. The highest BCUT2D eigenvalue weighted by Gasteiger charge is 2.62. The van der Waals surface area contributed by atoms with Gasteiger partial charge in [0.1, 0.15) is 5.54 Å². The van der Waals surface area contributed by atoms with Crippen LogP contribution < -0.4 is 5.32 Å². The fraction of sp³-hybridized carbons (Fsp3) is 1.00. The molecule has 16 heavy (non-hydrogen) atoms. The van der Waals surface area contributed by atoms with Gasteiger partial charge in [0.2, 0.25) is 0 Å². The number of morpholine rings is 1. The van der Waals surface area contributed by atoms with E-state index < -0.39 is 11.7 Å². The SMILES string of the molecule is FC(F)(F)C1(NCCN2CCOCC2)CC1. The van der Waals surface area contributed by atoms with Gasteiger partial charge in [-0.1, -0.05) is 0 Å². The van der Waals surface area contributed by atoms with Crippen LogP contribution in [0.4, 0.5) is 13.2 Å². The molecule has 1 heterocycles. The van der Waals surface area contributed by atoms with Crippen LogP contribution in [-0.4, -0.2) is 56.0 Å². The first kappa shape index (κ1) is 12.1. The zero-order valence-electron chi connectivity index (χ0n) is 9.15. The molecule has 0 spiro atoms. The third-order valence-electron chi connectivity index (χ3n) is 3.29. The molecule has 0 unspecified atom stereocenters. The van der Waals surface area contributed by atoms with Gasteiger partial charge in [0, 0.05) is 26.2 Å². The first-order valence-electron chi connectivity index (χ1n) is 5.65. The van der Waals surface area contributed by atoms with Crippen molar-refractivity contribution >= 4 is 0 Å². The Morgan fingerprint density at radius 2 is 1.81 bits per heavy atom. The molecule has 2 rings (SSSR count). The van der Waals surface area contributed by atoms with Gasteiger partial charge >= 0.3 is 6.18 Å². The smallest absolute Gasteiger partial charge is 0.379 e. The Labute approximate surface area is 92.9 Å². The van der Waals surface area contributed by atoms with E-state index in [1.165, 1.54) is 0 Å². The van der Waals surface area contributed by atoms with E-state index in [0.717, 1.165) is 13.1 Å². The molecule has 2 fully saturated rings. The summed E-state index contributed by atoms with van der Waals surface area (Å²) in [6, 6.07) is 0. The van der Waals surface area contributed by atoms with E-state index in [-0.39, 0.29) is 12.8 Å². The Hall–Kier alpha value is -0.330. The van der Waals surface area contributed by atoms with Crippen molar-refractivity contribution in [2.45, 2.75) is 24.6 Å². The van der Waals surface area contributed by atoms with Crippen LogP contribution in [0.5, 0.6) is 0 Å². The Bertz CT molecular complexity index is 235. The molecule has 6 heteroatoms. The maximum absolute atomic E-state index is 12.6. The molecule has 1 aliphatic carbocycles. The third-order valence-corrected chi connectivity index (χ3v) is 3.29. The van der Waals surface area contributed by atoms with Crippen molar-refractivity contribution in [1.82, 2.24) is 10.2 Å². The summed E-state index contributed by atoms with van der Waals surface area (Å²) in [5.74, 6) is 0. The van der Waals surface area contributed by atoms with Crippen molar-refractivity contribution in [3.8, 4) is 0 Å². The van der Waals surface area contributed by atoms with Crippen molar-refractivity contribution in [2.75, 3.05) is 39.4 Å². The van der Waals surface area contributed by atoms with Crippen LogP contribution >= 0.6 is 0 Å². The molecule has 0 aromatic heterocycles. The molecule has 0 radical (unpaired) electrons. The van der Waals surface area contributed by atoms with E-state index in [4.69, 9.17) is 4.74 Å². The lowest BCUT2D eigenvalue weighted by molar-refractivity contribution is -0.166. The van der Waals surface area contributed by atoms with Crippen LogP contribution in [0.25, 0.3) is 0 Å². The minimum atomic E-state index is -4.10. The fourth-order valence-electron chi connectivity index (χ4n) is 1.96. The summed E-state index contributed by atoms with van der Waals surface area (Å²) in [7, 11) is 0. The molecule has 0 atom stereocenters. The van der Waals surface area contributed by atoms with Crippen molar-refractivity contribution in [3.63, 3.8) is 0 Å². The summed E-state index contributed by atoms with van der Waals surface area (Å²) in [6.45, 7) is 4.08. The van der Waals surface area contributed by atoms with Crippen molar-refractivity contribution in [3.05, 3.63) is 0 Å². The molecule has 1 saturated carbocycles. The number of nitrogens with one attached hydrogen (secondary N) is 1. The topological polar surface area (TPSA) is 24.5 Å². The Kier molecular flexibility index (Phi) is 3.42. The van der Waals surface area contributed by atoms with Gasteiger partial charge < -0.3 is 10.1 Å². The van der Waals surface area contributed by atoms with Gasteiger partial charge in [0.05, 0.1) is 13.2 Å². The van der Waals surface area contributed by atoms with Crippen LogP contribution in [0.1, 0.15) is 12.8 Å². The molecule has 1 saturated heterocycles. The number of nitrogens with zero attached hydrogens (tertiary/aromatic N) is 1. The molecular weight excluding hydrogens is 221 g/mol. The Morgan fingerprint density at radius 1 is 1.19 bits per heavy atom. The predicted molar refractivity (Wildman–Crippen MR) is 53.3 cm³/mol. The number of hydrogen-bond donors (Lipinski definition) is 1. The first-order chi connectivity index (χ1) is 7.54. The molecule has 94 valence electrons. The lowest BCUT2D eigenvalue weighted by Crippen LogP contribution is -2.48. The highest BCUT2D eigenvalue weighted by atomic mass is 19.4. The van der Waals surface area contributed by atoms with Gasteiger partial charge in [-0.25, -0.2) is 0 Å². The van der Waals surface area contributed by atoms with Crippen molar-refractivity contribution in [2.24, 2.45) is 0 Å². The normalized spacial score (nSPS) is 25.7. The van der Waals surface area contributed by atoms with Crippen molar-refractivity contribution in [1.29, 1.82) is 0 Å². The van der Waals surface area contributed by atoms with Crippen LogP contribution in [-0.2, 0) is 4.74 Å². The van der Waals surface area contributed by atoms with Gasteiger partial charge in [-0.05, 0) is 12.8 Å². The second-order valence-electron chi connectivity index (χ2n) is 4.46. The summed E-state index contributed by atoms with van der Waals surface area (Å²) >= 11 is 0. The minimum absolute atomic E-state index is 0.222. The second kappa shape index (κ2) is 4.50. The van der Waals surface area contributed by atoms with Crippen LogP contribution in [0.3, 0.4) is 0 Å². The summed E-state index contributed by atoms with van der Waals surface area (Å²) in [5.41, 5.74) is -1.57. The maximum atomic E-state index is 12.6. The number of alkyl halides is 3. The molecule has 2 aliphatic rings. The lowest BCUT2D eigenvalue weighted by Gasteiger charge is -2.28. The minimum Gasteiger partial charge on any atom is -0.379 e. The number of ether oxygens (including phenoxy) is 1. The number of hydrogen-bond acceptors (Lipinski definition) is 3. The van der Waals surface area contributed by atoms with Crippen LogP contribution in [0, 0.1) is 0 Å². The molecule has 0 amide bonds. The highest BCUT2D eigenvalue weighted by Crippen LogP contribution is 2.48. The first-order valence-corrected chi connectivity index (χ1v) is 5.65. The Balaban J connectivity index is 1.68. The molecule has 3 nitrogen and oxygen atoms in total. The highest BCUT2D eigenvalue weighted by molar-refractivity contribution is 5.07. The molecule has 0 aromatic rings. The van der Waals surface area contributed by atoms with Gasteiger partial charge in [0.25, 0.3) is 0 Å². The number of halogens is 3. The van der Waals surface area contributed by atoms with E-state index in [0.29, 0.717) is 26.3 Å². The second-order valence-corrected chi connectivity index (χ2v) is 4.46. The standard InChI is InChI=1S/C10H17F3N2O/c11-10(12,13)9(1-2-9)14-3-4-15-5-7-16-8-6-15/h14H,1-8H2. The van der Waals surface area contributed by atoms with Gasteiger partial charge in [-0.2, -0.15) is 13.2 Å². The summed E-state index contributed by atoms with van der Waals surface area (Å²) in [5, 5.41) is 2.65. The molecule has 0 bridgehead atoms. The predicted octanol–water partition coefficient (Wildman–Crippen LogP) is 1.00. The molecule has 1 aliphatic heterocycles. The maximum Gasteiger partial charge on any atom is 0.406 e. The van der Waals surface area contributed by atoms with Gasteiger partial charge in [-0.3, -0.25) is 4.90 Å². The van der Waals surface area contributed by atoms with E-state index in [1.54, 1.807) is 0 Å². The Morgan fingerprint density at radius 3 is 2.31 bits per heavy atom. The summed E-state index contributed by atoms with van der Waals surface area (Å²) in [6.07, 6.45) is -3.66. The fourth-order valence-corrected chi connectivity index (χ4v) is 1.96. The van der Waals surface area contributed by atoms with Gasteiger partial charge in [0.15, 0.2) is 0 Å². The number of rotatable bonds is 4.